The van der Waals surface area contributed by atoms with E-state index in [1.54, 1.807) is 6.92 Å². The van der Waals surface area contributed by atoms with Crippen LogP contribution in [0.2, 0.25) is 0 Å². The number of nitrogens with zero attached hydrogens (tertiary/aromatic N) is 1. The highest BCUT2D eigenvalue weighted by Crippen LogP contribution is 2.32. The summed E-state index contributed by atoms with van der Waals surface area (Å²) in [6.07, 6.45) is 0. The molecule has 0 amide bonds. The van der Waals surface area contributed by atoms with Gasteiger partial charge in [0.05, 0.1) is 6.61 Å². The van der Waals surface area contributed by atoms with Gasteiger partial charge in [0, 0.05) is 11.3 Å². The van der Waals surface area contributed by atoms with E-state index in [9.17, 15) is 8.78 Å². The van der Waals surface area contributed by atoms with Crippen LogP contribution >= 0.6 is 0 Å². The molecule has 1 aliphatic heterocycles. The first-order valence-electron chi connectivity index (χ1n) is 5.57. The number of alkyl halides is 1. The van der Waals surface area contributed by atoms with Crippen molar-refractivity contribution < 1.29 is 13.5 Å². The Balaban J connectivity index is 2.42. The Kier molecular flexibility index (Phi) is 3.47. The van der Waals surface area contributed by atoms with Crippen LogP contribution in [-0.2, 0) is 10.3 Å². The van der Waals surface area contributed by atoms with E-state index in [1.165, 1.54) is 18.2 Å². The standard InChI is InChI=1S/C12H15F2N3O/c1-12(6-18-5-11(15)17-12)9-4-8(16-7-13)2-3-10(9)14/h2-4,16H,5-7H2,1H3,(H2,15,17)/t12-/m0/s1. The molecule has 1 heterocycles. The van der Waals surface area contributed by atoms with Crippen LogP contribution in [0.15, 0.2) is 23.2 Å². The molecule has 1 atom stereocenters. The molecular formula is C12H15F2N3O. The fraction of sp³-hybridized carbons (Fsp3) is 0.417. The molecule has 0 fully saturated rings. The first kappa shape index (κ1) is 12.8. The number of rotatable bonds is 3. The molecule has 0 aliphatic carbocycles. The van der Waals surface area contributed by atoms with Gasteiger partial charge in [-0.3, -0.25) is 4.99 Å². The van der Waals surface area contributed by atoms with Crippen molar-refractivity contribution in [3.05, 3.63) is 29.6 Å². The highest BCUT2D eigenvalue weighted by Gasteiger charge is 2.32. The third-order valence-corrected chi connectivity index (χ3v) is 2.84. The van der Waals surface area contributed by atoms with Gasteiger partial charge in [-0.25, -0.2) is 8.78 Å². The Labute approximate surface area is 104 Å². The van der Waals surface area contributed by atoms with Crippen molar-refractivity contribution in [1.82, 2.24) is 0 Å². The molecule has 6 heteroatoms. The fourth-order valence-corrected chi connectivity index (χ4v) is 2.00. The molecule has 0 saturated heterocycles. The van der Waals surface area contributed by atoms with E-state index in [2.05, 4.69) is 10.3 Å². The van der Waals surface area contributed by atoms with Crippen molar-refractivity contribution in [2.45, 2.75) is 12.5 Å². The van der Waals surface area contributed by atoms with Crippen LogP contribution in [0.25, 0.3) is 0 Å². The molecule has 1 aromatic carbocycles. The Bertz CT molecular complexity index is 478. The maximum Gasteiger partial charge on any atom is 0.159 e. The number of halogens is 2. The lowest BCUT2D eigenvalue weighted by Crippen LogP contribution is -2.38. The zero-order valence-electron chi connectivity index (χ0n) is 10.0. The fourth-order valence-electron chi connectivity index (χ4n) is 2.00. The molecule has 0 saturated carbocycles. The summed E-state index contributed by atoms with van der Waals surface area (Å²) in [5.74, 6) is -0.0871. The van der Waals surface area contributed by atoms with Crippen LogP contribution in [0.4, 0.5) is 14.5 Å². The minimum absolute atomic E-state index is 0.240. The van der Waals surface area contributed by atoms with Gasteiger partial charge in [-0.1, -0.05) is 0 Å². The summed E-state index contributed by atoms with van der Waals surface area (Å²) in [7, 11) is 0. The van der Waals surface area contributed by atoms with Crippen molar-refractivity contribution in [1.29, 1.82) is 0 Å². The van der Waals surface area contributed by atoms with Crippen LogP contribution in [0.3, 0.4) is 0 Å². The largest absolute Gasteiger partial charge is 0.386 e. The number of aliphatic imine (C=N–C) groups is 1. The summed E-state index contributed by atoms with van der Waals surface area (Å²) in [6.45, 7) is 1.50. The number of nitrogens with two attached hydrogens (primary N) is 1. The summed E-state index contributed by atoms with van der Waals surface area (Å²) < 4.78 is 31.4. The summed E-state index contributed by atoms with van der Waals surface area (Å²) in [6, 6.07) is 4.28. The van der Waals surface area contributed by atoms with E-state index in [0.29, 0.717) is 17.1 Å². The number of anilines is 1. The van der Waals surface area contributed by atoms with Crippen LogP contribution < -0.4 is 11.1 Å². The van der Waals surface area contributed by atoms with E-state index in [-0.39, 0.29) is 13.2 Å². The minimum atomic E-state index is -0.875. The monoisotopic (exact) mass is 255 g/mol. The van der Waals surface area contributed by atoms with E-state index < -0.39 is 18.2 Å². The maximum absolute atomic E-state index is 13.9. The average Bonchev–Trinajstić information content (AvgIpc) is 2.31. The van der Waals surface area contributed by atoms with Gasteiger partial charge in [0.2, 0.25) is 0 Å². The summed E-state index contributed by atoms with van der Waals surface area (Å²) in [5, 5.41) is 2.49. The molecule has 3 N–H and O–H groups in total. The normalized spacial score (nSPS) is 23.6. The maximum atomic E-state index is 13.9. The molecule has 0 aromatic heterocycles. The lowest BCUT2D eigenvalue weighted by Gasteiger charge is -2.30. The van der Waals surface area contributed by atoms with Crippen molar-refractivity contribution >= 4 is 11.5 Å². The second kappa shape index (κ2) is 4.89. The van der Waals surface area contributed by atoms with E-state index in [0.717, 1.165) is 0 Å². The van der Waals surface area contributed by atoms with Gasteiger partial charge in [0.25, 0.3) is 0 Å². The molecule has 1 aliphatic rings. The van der Waals surface area contributed by atoms with Crippen LogP contribution in [0, 0.1) is 5.82 Å². The number of amidine groups is 1. The second-order valence-corrected chi connectivity index (χ2v) is 4.37. The van der Waals surface area contributed by atoms with Crippen LogP contribution in [-0.4, -0.2) is 25.8 Å². The Morgan fingerprint density at radius 3 is 3.00 bits per heavy atom. The van der Waals surface area contributed by atoms with Crippen molar-refractivity contribution in [3.8, 4) is 0 Å². The van der Waals surface area contributed by atoms with Gasteiger partial charge < -0.3 is 15.8 Å². The van der Waals surface area contributed by atoms with Gasteiger partial charge in [0.1, 0.15) is 23.8 Å². The number of hydrogen-bond donors (Lipinski definition) is 2. The molecule has 0 spiro atoms. The first-order valence-corrected chi connectivity index (χ1v) is 5.57. The van der Waals surface area contributed by atoms with Crippen LogP contribution in [0.1, 0.15) is 12.5 Å². The lowest BCUT2D eigenvalue weighted by molar-refractivity contribution is 0.104. The molecule has 1 aromatic rings. The van der Waals surface area contributed by atoms with E-state index in [4.69, 9.17) is 10.5 Å². The van der Waals surface area contributed by atoms with Gasteiger partial charge in [-0.05, 0) is 25.1 Å². The van der Waals surface area contributed by atoms with Crippen molar-refractivity contribution in [3.63, 3.8) is 0 Å². The van der Waals surface area contributed by atoms with Gasteiger partial charge in [-0.2, -0.15) is 0 Å². The van der Waals surface area contributed by atoms with E-state index >= 15 is 0 Å². The number of hydrogen-bond acceptors (Lipinski definition) is 4. The second-order valence-electron chi connectivity index (χ2n) is 4.37. The number of ether oxygens (including phenoxy) is 1. The smallest absolute Gasteiger partial charge is 0.159 e. The average molecular weight is 255 g/mol. The number of nitrogens with one attached hydrogen (secondary N) is 1. The van der Waals surface area contributed by atoms with Crippen molar-refractivity contribution in [2.24, 2.45) is 10.7 Å². The molecular weight excluding hydrogens is 240 g/mol. The zero-order valence-corrected chi connectivity index (χ0v) is 10.0. The van der Waals surface area contributed by atoms with Gasteiger partial charge >= 0.3 is 0 Å². The molecule has 2 rings (SSSR count). The van der Waals surface area contributed by atoms with Gasteiger partial charge in [-0.15, -0.1) is 0 Å². The Morgan fingerprint density at radius 2 is 2.33 bits per heavy atom. The van der Waals surface area contributed by atoms with Gasteiger partial charge in [0.15, 0.2) is 6.80 Å². The highest BCUT2D eigenvalue weighted by molar-refractivity contribution is 5.82. The lowest BCUT2D eigenvalue weighted by atomic mass is 9.92. The first-order chi connectivity index (χ1) is 8.55. The summed E-state index contributed by atoms with van der Waals surface area (Å²) >= 11 is 0. The number of benzene rings is 1. The highest BCUT2D eigenvalue weighted by atomic mass is 19.1. The third kappa shape index (κ3) is 2.43. The Hall–Kier alpha value is -1.69. The topological polar surface area (TPSA) is 59.6 Å². The van der Waals surface area contributed by atoms with Crippen molar-refractivity contribution in [2.75, 3.05) is 25.3 Å². The SMILES string of the molecule is C[C@@]1(c2cc(NCF)ccc2F)COCC(N)=N1. The summed E-state index contributed by atoms with van der Waals surface area (Å²) in [5.41, 5.74) is 5.58. The molecule has 0 bridgehead atoms. The predicted octanol–water partition coefficient (Wildman–Crippen LogP) is 1.77. The third-order valence-electron chi connectivity index (χ3n) is 2.84. The summed E-state index contributed by atoms with van der Waals surface area (Å²) in [4.78, 5) is 4.25. The Morgan fingerprint density at radius 1 is 1.56 bits per heavy atom. The predicted molar refractivity (Wildman–Crippen MR) is 65.8 cm³/mol. The molecule has 18 heavy (non-hydrogen) atoms. The quantitative estimate of drug-likeness (QED) is 0.809. The molecule has 0 unspecified atom stereocenters. The molecule has 4 nitrogen and oxygen atoms in total. The molecule has 0 radical (unpaired) electrons. The molecule has 98 valence electrons. The van der Waals surface area contributed by atoms with Crippen LogP contribution in [0.5, 0.6) is 0 Å². The van der Waals surface area contributed by atoms with E-state index in [1.807, 2.05) is 0 Å². The minimum Gasteiger partial charge on any atom is -0.386 e. The zero-order chi connectivity index (χ0) is 13.2.